The predicted molar refractivity (Wildman–Crippen MR) is 118 cm³/mol. The van der Waals surface area contributed by atoms with Crippen molar-refractivity contribution in [2.24, 2.45) is 0 Å². The monoisotopic (exact) mass is 433 g/mol. The molecule has 0 saturated heterocycles. The van der Waals surface area contributed by atoms with Crippen LogP contribution in [0.2, 0.25) is 0 Å². The summed E-state index contributed by atoms with van der Waals surface area (Å²) in [6.07, 6.45) is 3.46. The molecule has 31 heavy (non-hydrogen) atoms. The minimum absolute atomic E-state index is 0.150. The van der Waals surface area contributed by atoms with E-state index in [-0.39, 0.29) is 5.91 Å². The van der Waals surface area contributed by atoms with Crippen LogP contribution in [0.15, 0.2) is 60.9 Å². The van der Waals surface area contributed by atoms with Crippen molar-refractivity contribution in [3.63, 3.8) is 0 Å². The first-order valence-corrected chi connectivity index (χ1v) is 10.6. The Bertz CT molecular complexity index is 1180. The van der Waals surface area contributed by atoms with Gasteiger partial charge in [0.15, 0.2) is 16.6 Å². The Hall–Kier alpha value is -3.65. The Balaban J connectivity index is 1.55. The number of carbonyl (C=O) groups is 1. The van der Waals surface area contributed by atoms with Crippen LogP contribution in [-0.2, 0) is 6.54 Å². The third-order valence-corrected chi connectivity index (χ3v) is 5.96. The largest absolute Gasteiger partial charge is 0.497 e. The molecule has 0 saturated carbocycles. The van der Waals surface area contributed by atoms with E-state index in [4.69, 9.17) is 19.2 Å². The molecular formula is C23H19N3O4S. The van der Waals surface area contributed by atoms with Crippen LogP contribution in [0, 0.1) is 0 Å². The van der Waals surface area contributed by atoms with E-state index in [0.717, 1.165) is 15.8 Å². The Morgan fingerprint density at radius 3 is 2.61 bits per heavy atom. The van der Waals surface area contributed by atoms with E-state index >= 15 is 0 Å². The molecule has 0 unspecified atom stereocenters. The number of carbonyl (C=O) groups excluding carboxylic acids is 1. The summed E-state index contributed by atoms with van der Waals surface area (Å²) in [7, 11) is 1.60. The zero-order valence-electron chi connectivity index (χ0n) is 16.8. The van der Waals surface area contributed by atoms with Crippen LogP contribution in [0.3, 0.4) is 0 Å². The molecule has 0 fully saturated rings. The summed E-state index contributed by atoms with van der Waals surface area (Å²) in [4.78, 5) is 24.1. The Morgan fingerprint density at radius 1 is 1.13 bits per heavy atom. The van der Waals surface area contributed by atoms with Gasteiger partial charge in [-0.05, 0) is 35.9 Å². The summed E-state index contributed by atoms with van der Waals surface area (Å²) in [6, 6.07) is 14.6. The van der Waals surface area contributed by atoms with Crippen LogP contribution in [0.4, 0.5) is 5.13 Å². The van der Waals surface area contributed by atoms with Gasteiger partial charge in [0, 0.05) is 30.1 Å². The van der Waals surface area contributed by atoms with Crippen LogP contribution in [-0.4, -0.2) is 36.2 Å². The fraction of sp³-hybridized carbons (Fsp3) is 0.174. The minimum atomic E-state index is -0.150. The molecule has 4 aromatic rings. The normalized spacial score (nSPS) is 12.5. The van der Waals surface area contributed by atoms with E-state index in [1.165, 1.54) is 11.3 Å². The second kappa shape index (κ2) is 8.23. The number of amides is 1. The Morgan fingerprint density at radius 2 is 1.90 bits per heavy atom. The summed E-state index contributed by atoms with van der Waals surface area (Å²) in [5.41, 5.74) is 2.23. The maximum atomic E-state index is 13.5. The molecule has 0 atom stereocenters. The van der Waals surface area contributed by atoms with Crippen molar-refractivity contribution in [1.82, 2.24) is 9.97 Å². The number of anilines is 1. The lowest BCUT2D eigenvalue weighted by Gasteiger charge is -2.20. The van der Waals surface area contributed by atoms with Gasteiger partial charge in [-0.25, -0.2) is 4.98 Å². The van der Waals surface area contributed by atoms with E-state index in [1.54, 1.807) is 48.7 Å². The Labute approximate surface area is 182 Å². The van der Waals surface area contributed by atoms with Gasteiger partial charge < -0.3 is 14.2 Å². The topological polar surface area (TPSA) is 73.8 Å². The molecule has 0 spiro atoms. The van der Waals surface area contributed by atoms with Gasteiger partial charge in [0.25, 0.3) is 5.91 Å². The van der Waals surface area contributed by atoms with E-state index < -0.39 is 0 Å². The van der Waals surface area contributed by atoms with Gasteiger partial charge in [-0.2, -0.15) is 0 Å². The molecule has 7 nitrogen and oxygen atoms in total. The van der Waals surface area contributed by atoms with Crippen LogP contribution < -0.4 is 19.1 Å². The third-order valence-electron chi connectivity index (χ3n) is 4.92. The van der Waals surface area contributed by atoms with Gasteiger partial charge >= 0.3 is 0 Å². The number of nitrogens with zero attached hydrogens (tertiary/aromatic N) is 3. The highest BCUT2D eigenvalue weighted by Gasteiger charge is 2.23. The molecule has 2 aromatic carbocycles. The fourth-order valence-electron chi connectivity index (χ4n) is 3.36. The number of benzene rings is 2. The molecule has 0 aliphatic carbocycles. The van der Waals surface area contributed by atoms with E-state index in [2.05, 4.69) is 4.98 Å². The number of pyridine rings is 1. The standard InChI is InChI=1S/C23H19N3O4S/c1-28-17-6-4-16(5-7-17)22(27)26(14-15-3-2-8-24-13-15)23-25-18-11-19-20(12-21(18)31-23)30-10-9-29-19/h2-8,11-13H,9-10,14H2,1H3. The van der Waals surface area contributed by atoms with Gasteiger partial charge in [-0.3, -0.25) is 14.7 Å². The lowest BCUT2D eigenvalue weighted by molar-refractivity contribution is 0.0985. The van der Waals surface area contributed by atoms with Crippen molar-refractivity contribution < 1.29 is 19.0 Å². The van der Waals surface area contributed by atoms with Crippen LogP contribution >= 0.6 is 11.3 Å². The van der Waals surface area contributed by atoms with Crippen molar-refractivity contribution in [3.05, 3.63) is 72.1 Å². The maximum absolute atomic E-state index is 13.5. The lowest BCUT2D eigenvalue weighted by atomic mass is 10.2. The highest BCUT2D eigenvalue weighted by molar-refractivity contribution is 7.22. The van der Waals surface area contributed by atoms with Crippen molar-refractivity contribution in [2.45, 2.75) is 6.54 Å². The number of rotatable bonds is 5. The van der Waals surface area contributed by atoms with E-state index in [1.807, 2.05) is 24.3 Å². The van der Waals surface area contributed by atoms with Gasteiger partial charge in [-0.15, -0.1) is 0 Å². The van der Waals surface area contributed by atoms with Gasteiger partial charge in [0.2, 0.25) is 0 Å². The lowest BCUT2D eigenvalue weighted by Crippen LogP contribution is -2.30. The van der Waals surface area contributed by atoms with Crippen molar-refractivity contribution in [1.29, 1.82) is 0 Å². The molecule has 2 aromatic heterocycles. The molecule has 1 aliphatic heterocycles. The number of aromatic nitrogens is 2. The smallest absolute Gasteiger partial charge is 0.260 e. The maximum Gasteiger partial charge on any atom is 0.260 e. The molecular weight excluding hydrogens is 414 g/mol. The third kappa shape index (κ3) is 3.89. The molecule has 8 heteroatoms. The number of methoxy groups -OCH3 is 1. The number of thiazole rings is 1. The van der Waals surface area contributed by atoms with Crippen LogP contribution in [0.5, 0.6) is 17.2 Å². The SMILES string of the molecule is COc1ccc(C(=O)N(Cc2cccnc2)c2nc3cc4c(cc3s2)OCCO4)cc1. The average Bonchev–Trinajstić information content (AvgIpc) is 3.23. The molecule has 156 valence electrons. The summed E-state index contributed by atoms with van der Waals surface area (Å²) in [5.74, 6) is 1.92. The average molecular weight is 433 g/mol. The van der Waals surface area contributed by atoms with Crippen molar-refractivity contribution in [2.75, 3.05) is 25.2 Å². The molecule has 1 aliphatic rings. The zero-order valence-corrected chi connectivity index (χ0v) is 17.6. The van der Waals surface area contributed by atoms with Gasteiger partial charge in [0.1, 0.15) is 19.0 Å². The minimum Gasteiger partial charge on any atom is -0.497 e. The van der Waals surface area contributed by atoms with Crippen molar-refractivity contribution >= 4 is 32.6 Å². The number of hydrogen-bond donors (Lipinski definition) is 0. The number of fused-ring (bicyclic) bond motifs is 2. The number of ether oxygens (including phenoxy) is 3. The van der Waals surface area contributed by atoms with E-state index in [9.17, 15) is 4.79 Å². The van der Waals surface area contributed by atoms with Crippen molar-refractivity contribution in [3.8, 4) is 17.2 Å². The van der Waals surface area contributed by atoms with Crippen LogP contribution in [0.25, 0.3) is 10.2 Å². The Kier molecular flexibility index (Phi) is 5.13. The van der Waals surface area contributed by atoms with E-state index in [0.29, 0.717) is 47.7 Å². The molecule has 3 heterocycles. The molecule has 5 rings (SSSR count). The summed E-state index contributed by atoms with van der Waals surface area (Å²) in [6.45, 7) is 1.39. The predicted octanol–water partition coefficient (Wildman–Crippen LogP) is 4.32. The first kappa shape index (κ1) is 19.3. The fourth-order valence-corrected chi connectivity index (χ4v) is 4.33. The summed E-state index contributed by atoms with van der Waals surface area (Å²) < 4.78 is 17.5. The summed E-state index contributed by atoms with van der Waals surface area (Å²) in [5, 5.41) is 0.599. The highest BCUT2D eigenvalue weighted by atomic mass is 32.1. The summed E-state index contributed by atoms with van der Waals surface area (Å²) >= 11 is 1.44. The second-order valence-corrected chi connectivity index (χ2v) is 7.95. The zero-order chi connectivity index (χ0) is 21.2. The van der Waals surface area contributed by atoms with Crippen LogP contribution in [0.1, 0.15) is 15.9 Å². The van der Waals surface area contributed by atoms with Gasteiger partial charge in [-0.1, -0.05) is 17.4 Å². The molecule has 1 amide bonds. The molecule has 0 N–H and O–H groups in total. The molecule has 0 bridgehead atoms. The highest BCUT2D eigenvalue weighted by Crippen LogP contribution is 2.39. The first-order valence-electron chi connectivity index (χ1n) is 9.76. The first-order chi connectivity index (χ1) is 15.2. The van der Waals surface area contributed by atoms with Gasteiger partial charge in [0.05, 0.1) is 23.9 Å². The quantitative estimate of drug-likeness (QED) is 0.467. The second-order valence-electron chi connectivity index (χ2n) is 6.94. The number of hydrogen-bond acceptors (Lipinski definition) is 7. The molecule has 0 radical (unpaired) electrons.